The molecule has 142 valence electrons. The van der Waals surface area contributed by atoms with Crippen LogP contribution in [0.1, 0.15) is 18.9 Å². The van der Waals surface area contributed by atoms with Gasteiger partial charge in [-0.15, -0.1) is 0 Å². The van der Waals surface area contributed by atoms with E-state index < -0.39 is 5.63 Å². The number of nitrogens with one attached hydrogen (secondary N) is 1. The van der Waals surface area contributed by atoms with Crippen LogP contribution in [0.2, 0.25) is 0 Å². The van der Waals surface area contributed by atoms with Crippen LogP contribution in [0.4, 0.5) is 0 Å². The zero-order valence-corrected chi connectivity index (χ0v) is 15.6. The van der Waals surface area contributed by atoms with E-state index in [1.54, 1.807) is 16.8 Å². The Hall–Kier alpha value is -3.41. The Kier molecular flexibility index (Phi) is 4.93. The van der Waals surface area contributed by atoms with Crippen LogP contribution in [-0.4, -0.2) is 21.7 Å². The van der Waals surface area contributed by atoms with Gasteiger partial charge in [0.15, 0.2) is 0 Å². The van der Waals surface area contributed by atoms with Gasteiger partial charge in [-0.25, -0.2) is 4.79 Å². The summed E-state index contributed by atoms with van der Waals surface area (Å²) in [6.45, 7) is 2.04. The third-order valence-electron chi connectivity index (χ3n) is 4.81. The number of para-hydroxylation sites is 1. The van der Waals surface area contributed by atoms with Crippen molar-refractivity contribution in [1.82, 2.24) is 15.1 Å². The number of carbonyl (C=O) groups excluding carboxylic acids is 1. The predicted octanol–water partition coefficient (Wildman–Crippen LogP) is 3.28. The maximum Gasteiger partial charge on any atom is 0.347 e. The number of hydrogen-bond acceptors (Lipinski definition) is 4. The Morgan fingerprint density at radius 1 is 1.11 bits per heavy atom. The zero-order chi connectivity index (χ0) is 19.5. The second-order valence-electron chi connectivity index (χ2n) is 6.94. The first kappa shape index (κ1) is 18.0. The number of benzene rings is 2. The average Bonchev–Trinajstić information content (AvgIpc) is 3.12. The molecule has 0 aliphatic rings. The van der Waals surface area contributed by atoms with Crippen LogP contribution in [0, 0.1) is 0 Å². The number of carbonyl (C=O) groups is 1. The van der Waals surface area contributed by atoms with E-state index in [0.29, 0.717) is 16.5 Å². The van der Waals surface area contributed by atoms with Gasteiger partial charge in [-0.1, -0.05) is 42.5 Å². The molecule has 6 nitrogen and oxygen atoms in total. The molecule has 0 spiro atoms. The van der Waals surface area contributed by atoms with Crippen LogP contribution in [0.25, 0.3) is 21.9 Å². The van der Waals surface area contributed by atoms with E-state index in [1.807, 2.05) is 37.3 Å². The molecule has 0 bridgehead atoms. The topological polar surface area (TPSA) is 77.1 Å². The average molecular weight is 375 g/mol. The molecule has 1 atom stereocenters. The van der Waals surface area contributed by atoms with E-state index in [0.717, 1.165) is 18.2 Å². The third-order valence-corrected chi connectivity index (χ3v) is 4.81. The summed E-state index contributed by atoms with van der Waals surface area (Å²) >= 11 is 0. The monoisotopic (exact) mass is 375 g/mol. The molecule has 0 aliphatic heterocycles. The molecule has 1 N–H and O–H groups in total. The third kappa shape index (κ3) is 3.67. The van der Waals surface area contributed by atoms with Crippen LogP contribution in [0.3, 0.4) is 0 Å². The highest BCUT2D eigenvalue weighted by Gasteiger charge is 2.15. The molecular formula is C22H21N3O3. The lowest BCUT2D eigenvalue weighted by Gasteiger charge is -2.14. The highest BCUT2D eigenvalue weighted by atomic mass is 16.4. The van der Waals surface area contributed by atoms with E-state index >= 15 is 0 Å². The molecule has 0 fully saturated rings. The maximum atomic E-state index is 12.5. The van der Waals surface area contributed by atoms with Gasteiger partial charge in [0.1, 0.15) is 17.5 Å². The Bertz CT molecular complexity index is 1180. The summed E-state index contributed by atoms with van der Waals surface area (Å²) in [6.07, 6.45) is 3.21. The summed E-state index contributed by atoms with van der Waals surface area (Å²) < 4.78 is 6.89. The zero-order valence-electron chi connectivity index (χ0n) is 15.6. The molecule has 0 saturated carbocycles. The fraction of sp³-hybridized carbons (Fsp3) is 0.227. The molecule has 2 heterocycles. The summed E-state index contributed by atoms with van der Waals surface area (Å²) in [5.41, 5.74) is 1.91. The van der Waals surface area contributed by atoms with Crippen molar-refractivity contribution in [3.05, 3.63) is 76.8 Å². The highest BCUT2D eigenvalue weighted by molar-refractivity contribution is 6.02. The quantitative estimate of drug-likeness (QED) is 0.525. The van der Waals surface area contributed by atoms with Gasteiger partial charge >= 0.3 is 5.63 Å². The predicted molar refractivity (Wildman–Crippen MR) is 108 cm³/mol. The summed E-state index contributed by atoms with van der Waals surface area (Å²) in [7, 11) is 0. The lowest BCUT2D eigenvalue weighted by molar-refractivity contribution is -0.122. The van der Waals surface area contributed by atoms with Gasteiger partial charge in [-0.05, 0) is 37.5 Å². The lowest BCUT2D eigenvalue weighted by Crippen LogP contribution is -2.35. The number of rotatable bonds is 6. The van der Waals surface area contributed by atoms with Crippen LogP contribution < -0.4 is 10.9 Å². The molecule has 0 saturated heterocycles. The molecule has 28 heavy (non-hydrogen) atoms. The first-order valence-corrected chi connectivity index (χ1v) is 9.32. The Morgan fingerprint density at radius 3 is 2.68 bits per heavy atom. The number of hydrogen-bond donors (Lipinski definition) is 1. The number of amides is 1. The van der Waals surface area contributed by atoms with Crippen molar-refractivity contribution in [2.45, 2.75) is 32.4 Å². The van der Waals surface area contributed by atoms with Gasteiger partial charge in [0.05, 0.1) is 11.7 Å². The first-order valence-electron chi connectivity index (χ1n) is 9.32. The fourth-order valence-corrected chi connectivity index (χ4v) is 3.40. The second-order valence-corrected chi connectivity index (χ2v) is 6.94. The Morgan fingerprint density at radius 2 is 1.86 bits per heavy atom. The van der Waals surface area contributed by atoms with E-state index in [2.05, 4.69) is 22.5 Å². The Labute approximate surface area is 161 Å². The van der Waals surface area contributed by atoms with E-state index in [-0.39, 0.29) is 18.5 Å². The Balaban J connectivity index is 1.49. The van der Waals surface area contributed by atoms with Crippen molar-refractivity contribution in [2.75, 3.05) is 0 Å². The van der Waals surface area contributed by atoms with Gasteiger partial charge in [0, 0.05) is 11.4 Å². The number of aromatic nitrogens is 2. The molecule has 0 aliphatic carbocycles. The van der Waals surface area contributed by atoms with E-state index in [1.165, 1.54) is 11.8 Å². The highest BCUT2D eigenvalue weighted by Crippen LogP contribution is 2.22. The summed E-state index contributed by atoms with van der Waals surface area (Å²) in [6, 6.07) is 17.5. The number of aryl methyl sites for hydroxylation is 1. The van der Waals surface area contributed by atoms with Crippen LogP contribution >= 0.6 is 0 Å². The molecule has 2 aromatic carbocycles. The van der Waals surface area contributed by atoms with E-state index in [4.69, 9.17) is 4.42 Å². The van der Waals surface area contributed by atoms with Gasteiger partial charge in [0.2, 0.25) is 5.91 Å². The van der Waals surface area contributed by atoms with E-state index in [9.17, 15) is 9.59 Å². The molecule has 1 amide bonds. The second kappa shape index (κ2) is 7.68. The van der Waals surface area contributed by atoms with Crippen LogP contribution in [-0.2, 0) is 17.8 Å². The molecule has 4 aromatic rings. The van der Waals surface area contributed by atoms with Crippen molar-refractivity contribution in [1.29, 1.82) is 0 Å². The SMILES string of the molecule is C[C@H](CCc1ccccc1)NC(=O)Cn1ncc2c(=O)oc3ccccc3c21. The molecule has 6 heteroatoms. The van der Waals surface area contributed by atoms with Crippen molar-refractivity contribution in [2.24, 2.45) is 0 Å². The fourth-order valence-electron chi connectivity index (χ4n) is 3.40. The molecule has 0 radical (unpaired) electrons. The summed E-state index contributed by atoms with van der Waals surface area (Å²) in [4.78, 5) is 24.7. The standard InChI is InChI=1S/C22H21N3O3/c1-15(11-12-16-7-3-2-4-8-16)24-20(26)14-25-21-17-9-5-6-10-19(17)28-22(27)18(21)13-23-25/h2-10,13,15H,11-12,14H2,1H3,(H,24,26)/t15-/m1/s1. The molecule has 2 aromatic heterocycles. The summed E-state index contributed by atoms with van der Waals surface area (Å²) in [5, 5.41) is 8.40. The van der Waals surface area contributed by atoms with Gasteiger partial charge in [-0.3, -0.25) is 9.48 Å². The minimum atomic E-state index is -0.448. The largest absolute Gasteiger partial charge is 0.422 e. The minimum Gasteiger partial charge on any atom is -0.422 e. The molecule has 0 unspecified atom stereocenters. The first-order chi connectivity index (χ1) is 13.6. The number of fused-ring (bicyclic) bond motifs is 3. The van der Waals surface area contributed by atoms with Crippen molar-refractivity contribution >= 4 is 27.8 Å². The minimum absolute atomic E-state index is 0.0383. The normalized spacial score (nSPS) is 12.3. The smallest absolute Gasteiger partial charge is 0.347 e. The molecule has 4 rings (SSSR count). The van der Waals surface area contributed by atoms with Crippen LogP contribution in [0.5, 0.6) is 0 Å². The van der Waals surface area contributed by atoms with Crippen molar-refractivity contribution < 1.29 is 9.21 Å². The van der Waals surface area contributed by atoms with Gasteiger partial charge in [-0.2, -0.15) is 5.10 Å². The van der Waals surface area contributed by atoms with Gasteiger partial charge in [0.25, 0.3) is 0 Å². The van der Waals surface area contributed by atoms with Crippen LogP contribution in [0.15, 0.2) is 70.0 Å². The summed E-state index contributed by atoms with van der Waals surface area (Å²) in [5.74, 6) is -0.136. The maximum absolute atomic E-state index is 12.5. The van der Waals surface area contributed by atoms with Crippen molar-refractivity contribution in [3.63, 3.8) is 0 Å². The lowest BCUT2D eigenvalue weighted by atomic mass is 10.1. The molecular weight excluding hydrogens is 354 g/mol. The van der Waals surface area contributed by atoms with Gasteiger partial charge < -0.3 is 9.73 Å². The van der Waals surface area contributed by atoms with Crippen molar-refractivity contribution in [3.8, 4) is 0 Å². The number of nitrogens with zero attached hydrogens (tertiary/aromatic N) is 2.